The summed E-state index contributed by atoms with van der Waals surface area (Å²) in [5.74, 6) is 6.74. The topological polar surface area (TPSA) is 0 Å². The fourth-order valence-electron chi connectivity index (χ4n) is 8.34. The van der Waals surface area contributed by atoms with Gasteiger partial charge in [0.15, 0.2) is 0 Å². The maximum Gasteiger partial charge on any atom is -0.0143 e. The predicted molar refractivity (Wildman–Crippen MR) is 127 cm³/mol. The van der Waals surface area contributed by atoms with Crippen LogP contribution in [0.5, 0.6) is 0 Å². The molecule has 0 spiro atoms. The number of hydrogen-bond donors (Lipinski definition) is 0. The SMILES string of the molecule is CC(C)[C@@H](C)/C=C/[C@@H](C)[C@H]1CCC2C3=CCC4C[C@@H](C)CC[C@]4(C)C3CC[C@@]21C. The normalized spacial score (nSPS) is 46.8. The molecule has 0 bridgehead atoms. The van der Waals surface area contributed by atoms with Crippen LogP contribution in [-0.2, 0) is 0 Å². The zero-order valence-electron chi connectivity index (χ0n) is 20.5. The van der Waals surface area contributed by atoms with E-state index in [2.05, 4.69) is 66.7 Å². The average molecular weight is 397 g/mol. The first-order valence-electron chi connectivity index (χ1n) is 13.0. The molecular formula is C29H48. The van der Waals surface area contributed by atoms with Crippen LogP contribution in [0, 0.1) is 58.2 Å². The van der Waals surface area contributed by atoms with E-state index in [0.717, 1.165) is 41.4 Å². The Morgan fingerprint density at radius 3 is 2.31 bits per heavy atom. The van der Waals surface area contributed by atoms with Crippen LogP contribution in [0.25, 0.3) is 0 Å². The Kier molecular flexibility index (Phi) is 5.89. The van der Waals surface area contributed by atoms with Gasteiger partial charge in [-0.3, -0.25) is 0 Å². The molecule has 0 amide bonds. The predicted octanol–water partition coefficient (Wildman–Crippen LogP) is 8.69. The standard InChI is InChI=1S/C29H48/c1-19(2)21(4)8-9-22(5)25-12-13-26-24-11-10-23-18-20(3)14-16-28(23,6)27(24)15-17-29(25,26)7/h8-9,11,19-23,25-27H,10,12-18H2,1-7H3/b9-8+/t20-,21-,22+,23?,25+,26?,27?,28-,29+/m0/s1. The van der Waals surface area contributed by atoms with E-state index in [1.165, 1.54) is 51.4 Å². The minimum absolute atomic E-state index is 0.540. The Morgan fingerprint density at radius 1 is 0.897 bits per heavy atom. The first-order valence-corrected chi connectivity index (χ1v) is 13.0. The van der Waals surface area contributed by atoms with Crippen LogP contribution in [0.1, 0.15) is 99.8 Å². The minimum Gasteiger partial charge on any atom is -0.0852 e. The highest BCUT2D eigenvalue weighted by molar-refractivity contribution is 5.28. The Hall–Kier alpha value is -0.520. The zero-order valence-corrected chi connectivity index (χ0v) is 20.5. The van der Waals surface area contributed by atoms with E-state index in [0.29, 0.717) is 16.7 Å². The second-order valence-corrected chi connectivity index (χ2v) is 12.7. The lowest BCUT2D eigenvalue weighted by atomic mass is 9.47. The van der Waals surface area contributed by atoms with E-state index in [1.54, 1.807) is 0 Å². The zero-order chi connectivity index (χ0) is 21.0. The Morgan fingerprint density at radius 2 is 1.59 bits per heavy atom. The average Bonchev–Trinajstić information content (AvgIpc) is 3.03. The van der Waals surface area contributed by atoms with Gasteiger partial charge in [0.2, 0.25) is 0 Å². The monoisotopic (exact) mass is 396 g/mol. The van der Waals surface area contributed by atoms with E-state index in [1.807, 2.05) is 5.57 Å². The van der Waals surface area contributed by atoms with E-state index in [-0.39, 0.29) is 0 Å². The summed E-state index contributed by atoms with van der Waals surface area (Å²) in [5.41, 5.74) is 3.08. The summed E-state index contributed by atoms with van der Waals surface area (Å²) in [5, 5.41) is 0. The van der Waals surface area contributed by atoms with Gasteiger partial charge < -0.3 is 0 Å². The summed E-state index contributed by atoms with van der Waals surface area (Å²) in [7, 11) is 0. The maximum absolute atomic E-state index is 2.78. The molecule has 164 valence electrons. The highest BCUT2D eigenvalue weighted by Crippen LogP contribution is 2.67. The lowest BCUT2D eigenvalue weighted by molar-refractivity contribution is -0.0162. The molecule has 3 fully saturated rings. The van der Waals surface area contributed by atoms with Crippen molar-refractivity contribution in [2.45, 2.75) is 99.8 Å². The molecule has 0 aromatic carbocycles. The lowest BCUT2D eigenvalue weighted by Crippen LogP contribution is -2.49. The van der Waals surface area contributed by atoms with Gasteiger partial charge >= 0.3 is 0 Å². The summed E-state index contributed by atoms with van der Waals surface area (Å²) >= 11 is 0. The summed E-state index contributed by atoms with van der Waals surface area (Å²) in [4.78, 5) is 0. The van der Waals surface area contributed by atoms with Crippen LogP contribution in [0.3, 0.4) is 0 Å². The van der Waals surface area contributed by atoms with Crippen LogP contribution in [0.15, 0.2) is 23.8 Å². The van der Waals surface area contributed by atoms with Crippen LogP contribution in [0.2, 0.25) is 0 Å². The van der Waals surface area contributed by atoms with E-state index < -0.39 is 0 Å². The van der Waals surface area contributed by atoms with Crippen LogP contribution in [-0.4, -0.2) is 0 Å². The van der Waals surface area contributed by atoms with E-state index >= 15 is 0 Å². The van der Waals surface area contributed by atoms with Gasteiger partial charge in [0.1, 0.15) is 0 Å². The molecule has 4 aliphatic rings. The van der Waals surface area contributed by atoms with Crippen molar-refractivity contribution in [1.29, 1.82) is 0 Å². The third kappa shape index (κ3) is 3.59. The maximum atomic E-state index is 2.78. The molecule has 4 aliphatic carbocycles. The van der Waals surface area contributed by atoms with Gasteiger partial charge in [-0.1, -0.05) is 78.7 Å². The van der Waals surface area contributed by atoms with Crippen molar-refractivity contribution < 1.29 is 0 Å². The van der Waals surface area contributed by atoms with E-state index in [4.69, 9.17) is 0 Å². The molecule has 3 saturated carbocycles. The van der Waals surface area contributed by atoms with Crippen LogP contribution < -0.4 is 0 Å². The summed E-state index contributed by atoms with van der Waals surface area (Å²) in [6.45, 7) is 17.5. The van der Waals surface area contributed by atoms with Gasteiger partial charge in [-0.15, -0.1) is 0 Å². The molecule has 0 aromatic heterocycles. The largest absolute Gasteiger partial charge is 0.0852 e. The van der Waals surface area contributed by atoms with Crippen LogP contribution >= 0.6 is 0 Å². The minimum atomic E-state index is 0.540. The van der Waals surface area contributed by atoms with Gasteiger partial charge in [-0.2, -0.15) is 0 Å². The summed E-state index contributed by atoms with van der Waals surface area (Å²) in [6.07, 6.45) is 19.6. The smallest absolute Gasteiger partial charge is 0.0143 e. The Balaban J connectivity index is 1.54. The molecule has 0 radical (unpaired) electrons. The molecule has 0 heteroatoms. The summed E-state index contributed by atoms with van der Waals surface area (Å²) in [6, 6.07) is 0. The second-order valence-electron chi connectivity index (χ2n) is 12.7. The van der Waals surface area contributed by atoms with Crippen molar-refractivity contribution in [3.63, 3.8) is 0 Å². The first kappa shape index (κ1) is 21.7. The van der Waals surface area contributed by atoms with Crippen molar-refractivity contribution in [3.05, 3.63) is 23.8 Å². The van der Waals surface area contributed by atoms with Crippen molar-refractivity contribution >= 4 is 0 Å². The molecular weight excluding hydrogens is 348 g/mol. The molecule has 4 rings (SSSR count). The van der Waals surface area contributed by atoms with Crippen molar-refractivity contribution in [3.8, 4) is 0 Å². The van der Waals surface area contributed by atoms with Crippen molar-refractivity contribution in [2.24, 2.45) is 58.2 Å². The number of fused-ring (bicyclic) bond motifs is 5. The molecule has 0 N–H and O–H groups in total. The van der Waals surface area contributed by atoms with E-state index in [9.17, 15) is 0 Å². The molecule has 29 heavy (non-hydrogen) atoms. The molecule has 0 aromatic rings. The van der Waals surface area contributed by atoms with Gasteiger partial charge in [0.25, 0.3) is 0 Å². The van der Waals surface area contributed by atoms with Gasteiger partial charge in [-0.05, 0) is 103 Å². The van der Waals surface area contributed by atoms with Gasteiger partial charge in [0.05, 0.1) is 0 Å². The molecule has 3 unspecified atom stereocenters. The number of hydrogen-bond acceptors (Lipinski definition) is 0. The summed E-state index contributed by atoms with van der Waals surface area (Å²) < 4.78 is 0. The fraction of sp³-hybridized carbons (Fsp3) is 0.862. The Labute approximate surface area is 182 Å². The lowest BCUT2D eigenvalue weighted by Gasteiger charge is -2.58. The first-order chi connectivity index (χ1) is 13.7. The molecule has 0 saturated heterocycles. The van der Waals surface area contributed by atoms with Crippen molar-refractivity contribution in [1.82, 2.24) is 0 Å². The highest BCUT2D eigenvalue weighted by atomic mass is 14.6. The Bertz CT molecular complexity index is 653. The van der Waals surface area contributed by atoms with Crippen molar-refractivity contribution in [2.75, 3.05) is 0 Å². The highest BCUT2D eigenvalue weighted by Gasteiger charge is 2.57. The molecule has 9 atom stereocenters. The number of allylic oxidation sites excluding steroid dienone is 4. The third-order valence-electron chi connectivity index (χ3n) is 10.8. The quantitative estimate of drug-likeness (QED) is 0.417. The molecule has 0 heterocycles. The van der Waals surface area contributed by atoms with Crippen LogP contribution in [0.4, 0.5) is 0 Å². The number of rotatable bonds is 4. The molecule has 0 nitrogen and oxygen atoms in total. The fourth-order valence-corrected chi connectivity index (χ4v) is 8.34. The van der Waals surface area contributed by atoms with Gasteiger partial charge in [0, 0.05) is 0 Å². The molecule has 0 aliphatic heterocycles. The second kappa shape index (κ2) is 7.87. The van der Waals surface area contributed by atoms with Gasteiger partial charge in [-0.25, -0.2) is 0 Å². The third-order valence-corrected chi connectivity index (χ3v) is 10.8.